The molecule has 4 nitrogen and oxygen atoms in total. The summed E-state index contributed by atoms with van der Waals surface area (Å²) in [5.74, 6) is 1.68. The van der Waals surface area contributed by atoms with Crippen LogP contribution in [-0.4, -0.2) is 17.9 Å². The molecule has 0 bridgehead atoms. The summed E-state index contributed by atoms with van der Waals surface area (Å²) >= 11 is 1.56. The van der Waals surface area contributed by atoms with Crippen LogP contribution in [0.4, 0.5) is 0 Å². The maximum atomic E-state index is 12.8. The van der Waals surface area contributed by atoms with E-state index in [0.717, 1.165) is 52.3 Å². The van der Waals surface area contributed by atoms with Crippen molar-refractivity contribution in [3.8, 4) is 11.5 Å². The first-order chi connectivity index (χ1) is 13.2. The number of methoxy groups -OCH3 is 1. The molecule has 0 N–H and O–H groups in total. The highest BCUT2D eigenvalue weighted by molar-refractivity contribution is 7.07. The number of aromatic nitrogens is 1. The van der Waals surface area contributed by atoms with Gasteiger partial charge in [0, 0.05) is 16.5 Å². The molecule has 0 atom stereocenters. The fourth-order valence-electron chi connectivity index (χ4n) is 3.15. The first-order valence-electron chi connectivity index (χ1n) is 8.75. The smallest absolute Gasteiger partial charge is 0.189 e. The number of hydrogen-bond acceptors (Lipinski definition) is 5. The zero-order valence-electron chi connectivity index (χ0n) is 15.0. The van der Waals surface area contributed by atoms with Gasteiger partial charge in [0.2, 0.25) is 0 Å². The highest BCUT2D eigenvalue weighted by Gasteiger charge is 2.22. The Kier molecular flexibility index (Phi) is 5.03. The normalized spacial score (nSPS) is 14.9. The van der Waals surface area contributed by atoms with E-state index in [1.165, 1.54) is 0 Å². The van der Waals surface area contributed by atoms with Gasteiger partial charge in [-0.1, -0.05) is 12.1 Å². The van der Waals surface area contributed by atoms with Crippen LogP contribution in [0.25, 0.3) is 6.08 Å². The summed E-state index contributed by atoms with van der Waals surface area (Å²) in [6.45, 7) is 0.461. The maximum absolute atomic E-state index is 12.8. The van der Waals surface area contributed by atoms with E-state index in [2.05, 4.69) is 4.98 Å². The van der Waals surface area contributed by atoms with Crippen LogP contribution in [0.1, 0.15) is 33.6 Å². The van der Waals surface area contributed by atoms with Crippen LogP contribution in [0.15, 0.2) is 58.9 Å². The number of rotatable bonds is 5. The number of carbonyl (C=O) groups is 1. The number of fused-ring (bicyclic) bond motifs is 1. The Morgan fingerprint density at radius 2 is 1.93 bits per heavy atom. The molecule has 4 rings (SSSR count). The summed E-state index contributed by atoms with van der Waals surface area (Å²) < 4.78 is 11.0. The summed E-state index contributed by atoms with van der Waals surface area (Å²) in [7, 11) is 1.64. The molecular formula is C22H19NO3S. The van der Waals surface area contributed by atoms with E-state index in [1.54, 1.807) is 24.0 Å². The molecule has 27 heavy (non-hydrogen) atoms. The molecule has 3 aromatic rings. The SMILES string of the molecule is COc1ccc2c(c1)CC/C(=C/c1ccc(OCc3cscn3)cc1)C2=O. The van der Waals surface area contributed by atoms with E-state index in [-0.39, 0.29) is 5.78 Å². The quantitative estimate of drug-likeness (QED) is 0.591. The Bertz CT molecular complexity index is 975. The number of ether oxygens (including phenoxy) is 2. The lowest BCUT2D eigenvalue weighted by Crippen LogP contribution is -2.14. The van der Waals surface area contributed by atoms with Crippen LogP contribution in [0.3, 0.4) is 0 Å². The largest absolute Gasteiger partial charge is 0.497 e. The minimum atomic E-state index is 0.0998. The van der Waals surface area contributed by atoms with Crippen LogP contribution >= 0.6 is 11.3 Å². The van der Waals surface area contributed by atoms with Crippen LogP contribution in [0.2, 0.25) is 0 Å². The van der Waals surface area contributed by atoms with Gasteiger partial charge in [-0.2, -0.15) is 0 Å². The first-order valence-corrected chi connectivity index (χ1v) is 9.69. The van der Waals surface area contributed by atoms with Crippen LogP contribution in [0.5, 0.6) is 11.5 Å². The van der Waals surface area contributed by atoms with Crippen molar-refractivity contribution in [3.63, 3.8) is 0 Å². The van der Waals surface area contributed by atoms with Gasteiger partial charge in [-0.3, -0.25) is 4.79 Å². The number of benzene rings is 2. The molecule has 136 valence electrons. The maximum Gasteiger partial charge on any atom is 0.189 e. The molecule has 0 saturated heterocycles. The molecule has 1 heterocycles. The molecule has 1 aliphatic rings. The molecule has 0 fully saturated rings. The van der Waals surface area contributed by atoms with Gasteiger partial charge in [-0.25, -0.2) is 4.98 Å². The topological polar surface area (TPSA) is 48.4 Å². The van der Waals surface area contributed by atoms with Gasteiger partial charge in [0.25, 0.3) is 0 Å². The number of hydrogen-bond donors (Lipinski definition) is 0. The molecule has 0 radical (unpaired) electrons. The summed E-state index contributed by atoms with van der Waals surface area (Å²) in [5, 5.41) is 1.97. The van der Waals surface area contributed by atoms with E-state index in [1.807, 2.05) is 53.9 Å². The van der Waals surface area contributed by atoms with Crippen molar-refractivity contribution in [1.82, 2.24) is 4.98 Å². The molecule has 5 heteroatoms. The number of aryl methyl sites for hydroxylation is 1. The third-order valence-corrected chi connectivity index (χ3v) is 5.24. The predicted molar refractivity (Wildman–Crippen MR) is 107 cm³/mol. The minimum Gasteiger partial charge on any atom is -0.497 e. The molecule has 1 aliphatic carbocycles. The lowest BCUT2D eigenvalue weighted by atomic mass is 9.86. The average Bonchev–Trinajstić information content (AvgIpc) is 3.23. The Hall–Kier alpha value is -2.92. The van der Waals surface area contributed by atoms with E-state index in [9.17, 15) is 4.79 Å². The van der Waals surface area contributed by atoms with Gasteiger partial charge in [-0.05, 0) is 60.4 Å². The summed E-state index contributed by atoms with van der Waals surface area (Å²) in [6.07, 6.45) is 3.56. The second-order valence-corrected chi connectivity index (χ2v) is 7.08. The van der Waals surface area contributed by atoms with Gasteiger partial charge in [0.15, 0.2) is 5.78 Å². The second kappa shape index (κ2) is 7.76. The van der Waals surface area contributed by atoms with Gasteiger partial charge >= 0.3 is 0 Å². The van der Waals surface area contributed by atoms with Crippen molar-refractivity contribution >= 4 is 23.2 Å². The number of thiazole rings is 1. The van der Waals surface area contributed by atoms with Crippen molar-refractivity contribution in [3.05, 3.63) is 81.3 Å². The molecule has 0 unspecified atom stereocenters. The number of Topliss-reactive ketones (excluding diaryl/α,β-unsaturated/α-hetero) is 1. The number of allylic oxidation sites excluding steroid dienone is 1. The highest BCUT2D eigenvalue weighted by atomic mass is 32.1. The monoisotopic (exact) mass is 377 g/mol. The molecule has 2 aromatic carbocycles. The molecular weight excluding hydrogens is 358 g/mol. The molecule has 0 aliphatic heterocycles. The van der Waals surface area contributed by atoms with Crippen molar-refractivity contribution in [2.24, 2.45) is 0 Å². The van der Waals surface area contributed by atoms with E-state index in [4.69, 9.17) is 9.47 Å². The predicted octanol–water partition coefficient (Wildman–Crippen LogP) is 4.94. The van der Waals surface area contributed by atoms with Crippen LogP contribution in [-0.2, 0) is 13.0 Å². The van der Waals surface area contributed by atoms with Crippen LogP contribution in [0, 0.1) is 0 Å². The zero-order chi connectivity index (χ0) is 18.6. The highest BCUT2D eigenvalue weighted by Crippen LogP contribution is 2.29. The lowest BCUT2D eigenvalue weighted by Gasteiger charge is -2.18. The standard InChI is InChI=1S/C22H19NO3S/c1-25-20-8-9-21-16(11-20)4-5-17(22(21)24)10-15-2-6-19(7-3-15)26-12-18-13-27-14-23-18/h2-3,6-11,13-14H,4-5,12H2,1H3/b17-10-. The van der Waals surface area contributed by atoms with Crippen molar-refractivity contribution in [1.29, 1.82) is 0 Å². The average molecular weight is 377 g/mol. The zero-order valence-corrected chi connectivity index (χ0v) is 15.8. The Morgan fingerprint density at radius 1 is 1.11 bits per heavy atom. The summed E-state index contributed by atoms with van der Waals surface area (Å²) in [5.41, 5.74) is 6.39. The first kappa shape index (κ1) is 17.5. The fraction of sp³-hybridized carbons (Fsp3) is 0.182. The van der Waals surface area contributed by atoms with Crippen molar-refractivity contribution in [2.75, 3.05) is 7.11 Å². The summed E-state index contributed by atoms with van der Waals surface area (Å²) in [4.78, 5) is 17.0. The fourth-order valence-corrected chi connectivity index (χ4v) is 3.69. The minimum absolute atomic E-state index is 0.0998. The third-order valence-electron chi connectivity index (χ3n) is 4.60. The van der Waals surface area contributed by atoms with E-state index in [0.29, 0.717) is 6.61 Å². The number of nitrogens with zero attached hydrogens (tertiary/aromatic N) is 1. The van der Waals surface area contributed by atoms with Gasteiger partial charge in [-0.15, -0.1) is 11.3 Å². The van der Waals surface area contributed by atoms with Gasteiger partial charge < -0.3 is 9.47 Å². The summed E-state index contributed by atoms with van der Waals surface area (Å²) in [6, 6.07) is 13.4. The Balaban J connectivity index is 1.47. The molecule has 0 saturated carbocycles. The van der Waals surface area contributed by atoms with Gasteiger partial charge in [0.1, 0.15) is 18.1 Å². The van der Waals surface area contributed by atoms with E-state index >= 15 is 0 Å². The third kappa shape index (κ3) is 3.93. The molecule has 0 spiro atoms. The number of ketones is 1. The molecule has 1 aromatic heterocycles. The number of carbonyl (C=O) groups excluding carboxylic acids is 1. The Morgan fingerprint density at radius 3 is 2.67 bits per heavy atom. The van der Waals surface area contributed by atoms with Gasteiger partial charge in [0.05, 0.1) is 18.3 Å². The van der Waals surface area contributed by atoms with Crippen molar-refractivity contribution < 1.29 is 14.3 Å². The lowest BCUT2D eigenvalue weighted by molar-refractivity contribution is 0.102. The van der Waals surface area contributed by atoms with Crippen LogP contribution < -0.4 is 9.47 Å². The van der Waals surface area contributed by atoms with Crippen molar-refractivity contribution in [2.45, 2.75) is 19.4 Å². The van der Waals surface area contributed by atoms with E-state index < -0.39 is 0 Å². The molecule has 0 amide bonds. The Labute approximate surface area is 162 Å². The second-order valence-electron chi connectivity index (χ2n) is 6.36.